The molecule has 0 aromatic carbocycles. The Bertz CT molecular complexity index is 187. The highest BCUT2D eigenvalue weighted by atomic mass is 15.7. The number of hydrazine groups is 1. The molecule has 2 heteroatoms. The van der Waals surface area contributed by atoms with Gasteiger partial charge < -0.3 is 0 Å². The lowest BCUT2D eigenvalue weighted by Gasteiger charge is -2.10. The van der Waals surface area contributed by atoms with Gasteiger partial charge in [-0.3, -0.25) is 0 Å². The van der Waals surface area contributed by atoms with Gasteiger partial charge in [-0.15, -0.1) is 12.3 Å². The van der Waals surface area contributed by atoms with Crippen molar-refractivity contribution in [1.29, 1.82) is 0 Å². The van der Waals surface area contributed by atoms with Crippen LogP contribution in [0.1, 0.15) is 46.0 Å². The molecular weight excluding hydrogens is 160 g/mol. The average molecular weight is 180 g/mol. The largest absolute Gasteiger partial charge is 0.235 e. The molecule has 1 heterocycles. The van der Waals surface area contributed by atoms with Crippen LogP contribution in [0.5, 0.6) is 0 Å². The monoisotopic (exact) mass is 180 g/mol. The molecule has 0 bridgehead atoms. The van der Waals surface area contributed by atoms with Crippen molar-refractivity contribution in [2.45, 2.75) is 51.6 Å². The highest BCUT2D eigenvalue weighted by Crippen LogP contribution is 2.25. The van der Waals surface area contributed by atoms with Gasteiger partial charge in [0.2, 0.25) is 0 Å². The van der Waals surface area contributed by atoms with Gasteiger partial charge in [0, 0.05) is 6.42 Å². The van der Waals surface area contributed by atoms with Gasteiger partial charge in [-0.05, 0) is 25.2 Å². The first-order valence-corrected chi connectivity index (χ1v) is 5.16. The van der Waals surface area contributed by atoms with Crippen molar-refractivity contribution < 1.29 is 0 Å². The lowest BCUT2D eigenvalue weighted by atomic mass is 9.98. The van der Waals surface area contributed by atoms with Crippen molar-refractivity contribution in [3.05, 3.63) is 0 Å². The lowest BCUT2D eigenvalue weighted by molar-refractivity contribution is 0.452. The molecule has 1 rings (SSSR count). The van der Waals surface area contributed by atoms with Crippen LogP contribution in [-0.4, -0.2) is 5.66 Å². The van der Waals surface area contributed by atoms with E-state index in [1.54, 1.807) is 0 Å². The van der Waals surface area contributed by atoms with Gasteiger partial charge >= 0.3 is 0 Å². The molecule has 0 saturated carbocycles. The highest BCUT2D eigenvalue weighted by molar-refractivity contribution is 4.98. The van der Waals surface area contributed by atoms with Crippen LogP contribution in [0.3, 0.4) is 0 Å². The Labute approximate surface area is 81.5 Å². The van der Waals surface area contributed by atoms with E-state index < -0.39 is 0 Å². The summed E-state index contributed by atoms with van der Waals surface area (Å²) < 4.78 is 0. The third-order valence-corrected chi connectivity index (χ3v) is 2.56. The van der Waals surface area contributed by atoms with E-state index in [1.165, 1.54) is 19.3 Å². The van der Waals surface area contributed by atoms with Gasteiger partial charge in [0.1, 0.15) is 0 Å². The number of hydrogen-bond acceptors (Lipinski definition) is 2. The third kappa shape index (κ3) is 3.80. The molecular formula is C11H20N2. The second-order valence-corrected chi connectivity index (χ2v) is 4.32. The molecule has 0 amide bonds. The standard InChI is InChI=1S/C11H20N2/c1-4-5-8-11(12-13-11)9-6-7-10(2)3/h1,10,12-13H,5-9H2,2-3H3. The Balaban J connectivity index is 2.10. The highest BCUT2D eigenvalue weighted by Gasteiger charge is 2.39. The van der Waals surface area contributed by atoms with Gasteiger partial charge in [0.25, 0.3) is 0 Å². The van der Waals surface area contributed by atoms with Gasteiger partial charge in [-0.1, -0.05) is 20.3 Å². The summed E-state index contributed by atoms with van der Waals surface area (Å²) in [6.45, 7) is 4.53. The molecule has 1 aliphatic heterocycles. The zero-order valence-corrected chi connectivity index (χ0v) is 8.69. The maximum absolute atomic E-state index is 5.23. The molecule has 0 aromatic heterocycles. The fourth-order valence-electron chi connectivity index (χ4n) is 1.56. The molecule has 1 fully saturated rings. The molecule has 2 N–H and O–H groups in total. The fraction of sp³-hybridized carbons (Fsp3) is 0.818. The number of hydrogen-bond donors (Lipinski definition) is 2. The zero-order chi connectivity index (χ0) is 9.73. The summed E-state index contributed by atoms with van der Waals surface area (Å²) in [7, 11) is 0. The SMILES string of the molecule is C#CCCC1(CCCC(C)C)NN1. The van der Waals surface area contributed by atoms with Crippen LogP contribution in [0, 0.1) is 18.3 Å². The Morgan fingerprint density at radius 1 is 1.31 bits per heavy atom. The van der Waals surface area contributed by atoms with Crippen molar-refractivity contribution in [1.82, 2.24) is 10.9 Å². The molecule has 74 valence electrons. The molecule has 0 aliphatic carbocycles. The smallest absolute Gasteiger partial charge is 0.0952 e. The third-order valence-electron chi connectivity index (χ3n) is 2.56. The number of terminal acetylenes is 1. The summed E-state index contributed by atoms with van der Waals surface area (Å²) in [4.78, 5) is 0. The van der Waals surface area contributed by atoms with Crippen molar-refractivity contribution in [3.8, 4) is 12.3 Å². The van der Waals surface area contributed by atoms with Crippen molar-refractivity contribution in [2.24, 2.45) is 5.92 Å². The van der Waals surface area contributed by atoms with Crippen molar-refractivity contribution in [3.63, 3.8) is 0 Å². The van der Waals surface area contributed by atoms with Gasteiger partial charge in [-0.2, -0.15) is 0 Å². The fourth-order valence-corrected chi connectivity index (χ4v) is 1.56. The summed E-state index contributed by atoms with van der Waals surface area (Å²) >= 11 is 0. The minimum Gasteiger partial charge on any atom is -0.235 e. The van der Waals surface area contributed by atoms with E-state index >= 15 is 0 Å². The van der Waals surface area contributed by atoms with Crippen LogP contribution in [0.2, 0.25) is 0 Å². The maximum Gasteiger partial charge on any atom is 0.0952 e. The van der Waals surface area contributed by atoms with Crippen LogP contribution in [0.4, 0.5) is 0 Å². The van der Waals surface area contributed by atoms with E-state index in [0.717, 1.165) is 18.8 Å². The first kappa shape index (κ1) is 10.6. The minimum atomic E-state index is 0.196. The number of nitrogens with one attached hydrogen (secondary N) is 2. The average Bonchev–Trinajstić information content (AvgIpc) is 2.82. The van der Waals surface area contributed by atoms with Gasteiger partial charge in [0.05, 0.1) is 5.66 Å². The minimum absolute atomic E-state index is 0.196. The second-order valence-electron chi connectivity index (χ2n) is 4.32. The second kappa shape index (κ2) is 4.64. The van der Waals surface area contributed by atoms with E-state index in [0.29, 0.717) is 0 Å². The molecule has 1 aliphatic rings. The summed E-state index contributed by atoms with van der Waals surface area (Å²) in [5, 5.41) is 0. The Kier molecular flexibility index (Phi) is 3.77. The predicted molar refractivity (Wildman–Crippen MR) is 55.8 cm³/mol. The molecule has 13 heavy (non-hydrogen) atoms. The van der Waals surface area contributed by atoms with E-state index in [4.69, 9.17) is 6.42 Å². The first-order chi connectivity index (χ1) is 6.18. The summed E-state index contributed by atoms with van der Waals surface area (Å²) in [6.07, 6.45) is 10.9. The number of rotatable bonds is 6. The molecule has 2 nitrogen and oxygen atoms in total. The van der Waals surface area contributed by atoms with Crippen LogP contribution >= 0.6 is 0 Å². The first-order valence-electron chi connectivity index (χ1n) is 5.16. The zero-order valence-electron chi connectivity index (χ0n) is 8.69. The summed E-state index contributed by atoms with van der Waals surface area (Å²) in [5.74, 6) is 3.49. The molecule has 0 radical (unpaired) electrons. The van der Waals surface area contributed by atoms with Crippen molar-refractivity contribution >= 4 is 0 Å². The van der Waals surface area contributed by atoms with E-state index in [1.807, 2.05) is 0 Å². The summed E-state index contributed by atoms with van der Waals surface area (Å²) in [6, 6.07) is 0. The normalized spacial score (nSPS) is 18.6. The van der Waals surface area contributed by atoms with Crippen LogP contribution in [0.25, 0.3) is 0 Å². The van der Waals surface area contributed by atoms with E-state index in [2.05, 4.69) is 30.6 Å². The van der Waals surface area contributed by atoms with E-state index in [9.17, 15) is 0 Å². The Morgan fingerprint density at radius 3 is 2.46 bits per heavy atom. The molecule has 0 spiro atoms. The Morgan fingerprint density at radius 2 is 2.00 bits per heavy atom. The maximum atomic E-state index is 5.23. The molecule has 1 saturated heterocycles. The molecule has 0 aromatic rings. The van der Waals surface area contributed by atoms with Gasteiger partial charge in [0.15, 0.2) is 0 Å². The van der Waals surface area contributed by atoms with E-state index in [-0.39, 0.29) is 5.66 Å². The van der Waals surface area contributed by atoms with Crippen LogP contribution in [0.15, 0.2) is 0 Å². The Hall–Kier alpha value is -0.520. The quantitative estimate of drug-likeness (QED) is 0.485. The molecule has 0 atom stereocenters. The lowest BCUT2D eigenvalue weighted by Crippen LogP contribution is -2.17. The predicted octanol–water partition coefficient (Wildman–Crippen LogP) is 2.03. The topological polar surface area (TPSA) is 43.9 Å². The van der Waals surface area contributed by atoms with Crippen LogP contribution in [-0.2, 0) is 0 Å². The van der Waals surface area contributed by atoms with Crippen molar-refractivity contribution in [2.75, 3.05) is 0 Å². The van der Waals surface area contributed by atoms with Crippen LogP contribution < -0.4 is 10.9 Å². The summed E-state index contributed by atoms with van der Waals surface area (Å²) in [5.41, 5.74) is 6.62. The molecule has 0 unspecified atom stereocenters. The van der Waals surface area contributed by atoms with Gasteiger partial charge in [-0.25, -0.2) is 10.9 Å².